The van der Waals surface area contributed by atoms with Crippen LogP contribution in [0.15, 0.2) is 0 Å². The Morgan fingerprint density at radius 2 is 2.29 bits per heavy atom. The van der Waals surface area contributed by atoms with Gasteiger partial charge in [-0.3, -0.25) is 0 Å². The highest BCUT2D eigenvalue weighted by Crippen LogP contribution is 2.31. The zero-order valence-corrected chi connectivity index (χ0v) is 4.09. The molecule has 0 spiro atoms. The molecule has 1 atom stereocenters. The molecule has 0 radical (unpaired) electrons. The summed E-state index contributed by atoms with van der Waals surface area (Å²) in [5, 5.41) is 8.76. The van der Waals surface area contributed by atoms with Crippen molar-refractivity contribution in [2.75, 3.05) is 0 Å². The molecule has 0 aromatic rings. The van der Waals surface area contributed by atoms with Gasteiger partial charge < -0.3 is 5.11 Å². The van der Waals surface area contributed by atoms with Crippen molar-refractivity contribution in [1.82, 2.24) is 0 Å². The van der Waals surface area contributed by atoms with Crippen molar-refractivity contribution in [3.8, 4) is 12.3 Å². The Bertz CT molecular complexity index is 97.2. The van der Waals surface area contributed by atoms with E-state index in [2.05, 4.69) is 5.92 Å². The van der Waals surface area contributed by atoms with Crippen LogP contribution >= 0.6 is 0 Å². The Labute approximate surface area is 43.4 Å². The van der Waals surface area contributed by atoms with Crippen LogP contribution in [0, 0.1) is 18.3 Å². The van der Waals surface area contributed by atoms with Crippen LogP contribution in [0.5, 0.6) is 0 Å². The zero-order valence-electron chi connectivity index (χ0n) is 4.09. The summed E-state index contributed by atoms with van der Waals surface area (Å²) in [5.74, 6) is 2.72. The van der Waals surface area contributed by atoms with Crippen molar-refractivity contribution in [2.45, 2.75) is 18.9 Å². The Kier molecular flexibility index (Phi) is 1.04. The van der Waals surface area contributed by atoms with E-state index in [1.54, 1.807) is 0 Å². The summed E-state index contributed by atoms with van der Waals surface area (Å²) in [5.41, 5.74) is 0. The van der Waals surface area contributed by atoms with Gasteiger partial charge in [-0.2, -0.15) is 0 Å². The lowest BCUT2D eigenvalue weighted by Crippen LogP contribution is -2.03. The van der Waals surface area contributed by atoms with Crippen LogP contribution in [0.1, 0.15) is 12.8 Å². The molecule has 1 heteroatoms. The Morgan fingerprint density at radius 3 is 2.43 bits per heavy atom. The van der Waals surface area contributed by atoms with Crippen molar-refractivity contribution < 1.29 is 5.11 Å². The smallest absolute Gasteiger partial charge is 0.117 e. The third kappa shape index (κ3) is 0.942. The monoisotopic (exact) mass is 96.1 g/mol. The van der Waals surface area contributed by atoms with Crippen LogP contribution < -0.4 is 0 Å². The fourth-order valence-corrected chi connectivity index (χ4v) is 0.548. The Morgan fingerprint density at radius 1 is 1.71 bits per heavy atom. The average molecular weight is 96.1 g/mol. The number of hydrogen-bond donors (Lipinski definition) is 1. The first kappa shape index (κ1) is 4.67. The fraction of sp³-hybridized carbons (Fsp3) is 0.667. The molecule has 7 heavy (non-hydrogen) atoms. The summed E-state index contributed by atoms with van der Waals surface area (Å²) < 4.78 is 0. The molecule has 0 bridgehead atoms. The maximum Gasteiger partial charge on any atom is 0.117 e. The number of aliphatic hydroxyl groups excluding tert-OH is 1. The van der Waals surface area contributed by atoms with Gasteiger partial charge >= 0.3 is 0 Å². The molecular weight excluding hydrogens is 88.1 g/mol. The lowest BCUT2D eigenvalue weighted by molar-refractivity contribution is 0.209. The summed E-state index contributed by atoms with van der Waals surface area (Å²) >= 11 is 0. The second-order valence-corrected chi connectivity index (χ2v) is 1.95. The molecule has 38 valence electrons. The van der Waals surface area contributed by atoms with Crippen LogP contribution in [-0.4, -0.2) is 11.2 Å². The van der Waals surface area contributed by atoms with Crippen molar-refractivity contribution in [3.63, 3.8) is 0 Å². The van der Waals surface area contributed by atoms with Crippen molar-refractivity contribution >= 4 is 0 Å². The standard InChI is InChI=1S/C6H8O/c1-2-6(7)5-3-4-5/h1,5-7H,3-4H2/t6-/m1/s1. The van der Waals surface area contributed by atoms with Crippen LogP contribution in [0.4, 0.5) is 0 Å². The van der Waals surface area contributed by atoms with E-state index in [1.165, 1.54) is 0 Å². The van der Waals surface area contributed by atoms with Crippen molar-refractivity contribution in [2.24, 2.45) is 5.92 Å². The average Bonchev–Trinajstić information content (AvgIpc) is 2.44. The molecule has 1 nitrogen and oxygen atoms in total. The maximum atomic E-state index is 8.76. The van der Waals surface area contributed by atoms with E-state index in [0.717, 1.165) is 12.8 Å². The Hall–Kier alpha value is -0.480. The van der Waals surface area contributed by atoms with Gasteiger partial charge in [0.2, 0.25) is 0 Å². The lowest BCUT2D eigenvalue weighted by atomic mass is 10.2. The molecule has 1 fully saturated rings. The maximum absolute atomic E-state index is 8.76. The lowest BCUT2D eigenvalue weighted by Gasteiger charge is -1.93. The van der Waals surface area contributed by atoms with Crippen LogP contribution in [-0.2, 0) is 0 Å². The summed E-state index contributed by atoms with van der Waals surface area (Å²) in [6.45, 7) is 0. The summed E-state index contributed by atoms with van der Waals surface area (Å²) in [4.78, 5) is 0. The zero-order chi connectivity index (χ0) is 5.28. The molecule has 0 aliphatic heterocycles. The molecule has 1 aliphatic rings. The highest BCUT2D eigenvalue weighted by atomic mass is 16.3. The second-order valence-electron chi connectivity index (χ2n) is 1.95. The minimum atomic E-state index is -0.458. The molecule has 0 amide bonds. The SMILES string of the molecule is C#C[C@@H](O)C1CC1. The van der Waals surface area contributed by atoms with Crippen molar-refractivity contribution in [1.29, 1.82) is 0 Å². The third-order valence-electron chi connectivity index (χ3n) is 1.24. The van der Waals surface area contributed by atoms with Crippen LogP contribution in [0.3, 0.4) is 0 Å². The molecule has 0 heterocycles. The van der Waals surface area contributed by atoms with Gasteiger partial charge in [-0.25, -0.2) is 0 Å². The second kappa shape index (κ2) is 1.55. The molecule has 1 saturated carbocycles. The fourth-order valence-electron chi connectivity index (χ4n) is 0.548. The minimum Gasteiger partial charge on any atom is -0.380 e. The normalized spacial score (nSPS) is 23.4. The van der Waals surface area contributed by atoms with Gasteiger partial charge in [-0.05, 0) is 18.8 Å². The van der Waals surface area contributed by atoms with Gasteiger partial charge in [0.05, 0.1) is 0 Å². The first-order valence-corrected chi connectivity index (χ1v) is 2.49. The Balaban J connectivity index is 2.27. The van der Waals surface area contributed by atoms with E-state index in [1.807, 2.05) is 0 Å². The number of terminal acetylenes is 1. The van der Waals surface area contributed by atoms with Gasteiger partial charge in [-0.15, -0.1) is 6.42 Å². The first-order chi connectivity index (χ1) is 3.34. The van der Waals surface area contributed by atoms with Crippen LogP contribution in [0.25, 0.3) is 0 Å². The molecule has 0 aromatic heterocycles. The predicted octanol–water partition coefficient (Wildman–Crippen LogP) is 0.391. The van der Waals surface area contributed by atoms with Gasteiger partial charge in [-0.1, -0.05) is 5.92 Å². The van der Waals surface area contributed by atoms with Gasteiger partial charge in [0, 0.05) is 0 Å². The van der Waals surface area contributed by atoms with Gasteiger partial charge in [0.25, 0.3) is 0 Å². The van der Waals surface area contributed by atoms with E-state index in [-0.39, 0.29) is 0 Å². The summed E-state index contributed by atoms with van der Waals surface area (Å²) in [6, 6.07) is 0. The number of hydrogen-bond acceptors (Lipinski definition) is 1. The van der Waals surface area contributed by atoms with E-state index < -0.39 is 6.10 Å². The molecule has 1 N–H and O–H groups in total. The van der Waals surface area contributed by atoms with Crippen molar-refractivity contribution in [3.05, 3.63) is 0 Å². The van der Waals surface area contributed by atoms with E-state index in [4.69, 9.17) is 11.5 Å². The van der Waals surface area contributed by atoms with Gasteiger partial charge in [0.15, 0.2) is 0 Å². The van der Waals surface area contributed by atoms with E-state index in [0.29, 0.717) is 5.92 Å². The number of aliphatic hydroxyl groups is 1. The highest BCUT2D eigenvalue weighted by Gasteiger charge is 2.27. The van der Waals surface area contributed by atoms with Gasteiger partial charge in [0.1, 0.15) is 6.10 Å². The topological polar surface area (TPSA) is 20.2 Å². The molecule has 0 saturated heterocycles. The summed E-state index contributed by atoms with van der Waals surface area (Å²) in [6.07, 6.45) is 6.69. The number of rotatable bonds is 1. The van der Waals surface area contributed by atoms with Crippen LogP contribution in [0.2, 0.25) is 0 Å². The highest BCUT2D eigenvalue weighted by molar-refractivity contribution is 5.01. The molecule has 0 unspecified atom stereocenters. The molecule has 0 aromatic carbocycles. The summed E-state index contributed by atoms with van der Waals surface area (Å²) in [7, 11) is 0. The minimum absolute atomic E-state index is 0.435. The predicted molar refractivity (Wildman–Crippen MR) is 27.6 cm³/mol. The first-order valence-electron chi connectivity index (χ1n) is 2.49. The largest absolute Gasteiger partial charge is 0.380 e. The molecule has 1 rings (SSSR count). The third-order valence-corrected chi connectivity index (χ3v) is 1.24. The molecule has 1 aliphatic carbocycles. The quantitative estimate of drug-likeness (QED) is 0.468. The van der Waals surface area contributed by atoms with E-state index in [9.17, 15) is 0 Å². The molecular formula is C6H8O. The van der Waals surface area contributed by atoms with E-state index >= 15 is 0 Å².